The summed E-state index contributed by atoms with van der Waals surface area (Å²) in [7, 11) is 0. The van der Waals surface area contributed by atoms with Gasteiger partial charge in [-0.3, -0.25) is 5.32 Å². The molecule has 80 valence electrons. The van der Waals surface area contributed by atoms with Crippen LogP contribution in [0.3, 0.4) is 0 Å². The van der Waals surface area contributed by atoms with Gasteiger partial charge in [-0.25, -0.2) is 0 Å². The van der Waals surface area contributed by atoms with Gasteiger partial charge in [0.15, 0.2) is 0 Å². The molecule has 0 amide bonds. The van der Waals surface area contributed by atoms with Gasteiger partial charge in [-0.1, -0.05) is 60.7 Å². The van der Waals surface area contributed by atoms with Crippen LogP contribution >= 0.6 is 0 Å². The molecule has 0 aliphatic carbocycles. The Morgan fingerprint density at radius 1 is 0.875 bits per heavy atom. The van der Waals surface area contributed by atoms with Crippen molar-refractivity contribution in [2.24, 2.45) is 0 Å². The van der Waals surface area contributed by atoms with Gasteiger partial charge in [0, 0.05) is 0 Å². The first-order chi connectivity index (χ1) is 7.81. The van der Waals surface area contributed by atoms with Gasteiger partial charge in [-0.2, -0.15) is 0 Å². The third-order valence-corrected chi connectivity index (χ3v) is 3.44. The Labute approximate surface area is 96.1 Å². The summed E-state index contributed by atoms with van der Waals surface area (Å²) in [6.45, 7) is 2.26. The summed E-state index contributed by atoms with van der Waals surface area (Å²) in [6, 6.07) is 21.7. The highest BCUT2D eigenvalue weighted by molar-refractivity contribution is 5.39. The van der Waals surface area contributed by atoms with Crippen LogP contribution in [0, 0.1) is 0 Å². The predicted octanol–water partition coefficient (Wildman–Crippen LogP) is 3.25. The molecular weight excluding hydrogens is 194 g/mol. The minimum Gasteiger partial charge on any atom is -0.297 e. The van der Waals surface area contributed by atoms with Crippen LogP contribution in [0.2, 0.25) is 0 Å². The van der Waals surface area contributed by atoms with Gasteiger partial charge in [0.25, 0.3) is 0 Å². The molecule has 1 aliphatic rings. The Morgan fingerprint density at radius 2 is 1.44 bits per heavy atom. The number of rotatable bonds is 2. The first-order valence-corrected chi connectivity index (χ1v) is 5.69. The zero-order valence-electron chi connectivity index (χ0n) is 9.35. The van der Waals surface area contributed by atoms with Crippen LogP contribution in [0.1, 0.15) is 24.1 Å². The first-order valence-electron chi connectivity index (χ1n) is 5.69. The van der Waals surface area contributed by atoms with E-state index in [2.05, 4.69) is 72.9 Å². The lowest BCUT2D eigenvalue weighted by Crippen LogP contribution is -2.06. The van der Waals surface area contributed by atoms with Crippen molar-refractivity contribution in [3.63, 3.8) is 0 Å². The Balaban J connectivity index is 1.90. The topological polar surface area (TPSA) is 21.9 Å². The second-order valence-electron chi connectivity index (χ2n) is 4.56. The van der Waals surface area contributed by atoms with E-state index in [4.69, 9.17) is 0 Å². The maximum atomic E-state index is 3.58. The number of hydrogen-bond acceptors (Lipinski definition) is 1. The molecule has 0 spiro atoms. The number of nitrogens with one attached hydrogen (secondary N) is 1. The molecule has 1 heterocycles. The number of benzene rings is 2. The van der Waals surface area contributed by atoms with Gasteiger partial charge >= 0.3 is 0 Å². The lowest BCUT2D eigenvalue weighted by molar-refractivity contribution is 0.731. The Morgan fingerprint density at radius 3 is 2.06 bits per heavy atom. The lowest BCUT2D eigenvalue weighted by Gasteiger charge is -2.08. The molecule has 1 nitrogen and oxygen atoms in total. The summed E-state index contributed by atoms with van der Waals surface area (Å²) in [5.74, 6) is 0. The average molecular weight is 209 g/mol. The van der Waals surface area contributed by atoms with Gasteiger partial charge in [-0.05, 0) is 18.1 Å². The van der Waals surface area contributed by atoms with Crippen molar-refractivity contribution in [2.45, 2.75) is 18.5 Å². The van der Waals surface area contributed by atoms with Gasteiger partial charge < -0.3 is 0 Å². The molecule has 0 aromatic heterocycles. The van der Waals surface area contributed by atoms with Crippen LogP contribution < -0.4 is 5.32 Å². The lowest BCUT2D eigenvalue weighted by atomic mass is 9.93. The summed E-state index contributed by atoms with van der Waals surface area (Å²) in [6.07, 6.45) is 0. The summed E-state index contributed by atoms with van der Waals surface area (Å²) in [5, 5.41) is 3.58. The molecule has 1 saturated heterocycles. The Bertz CT molecular complexity index is 477. The fraction of sp³-hybridized carbons (Fsp3) is 0.200. The molecule has 0 unspecified atom stereocenters. The third-order valence-electron chi connectivity index (χ3n) is 3.44. The predicted molar refractivity (Wildman–Crippen MR) is 66.1 cm³/mol. The molecule has 2 atom stereocenters. The van der Waals surface area contributed by atoms with Crippen LogP contribution in [0.4, 0.5) is 0 Å². The molecule has 2 aromatic rings. The molecule has 1 heteroatoms. The summed E-state index contributed by atoms with van der Waals surface area (Å²) >= 11 is 0. The van der Waals surface area contributed by atoms with Crippen LogP contribution in [-0.2, 0) is 5.54 Å². The normalized spacial score (nSPS) is 27.7. The molecule has 0 radical (unpaired) electrons. The van der Waals surface area contributed by atoms with Crippen molar-refractivity contribution in [3.05, 3.63) is 71.8 Å². The minimum atomic E-state index is 0.114. The monoisotopic (exact) mass is 209 g/mol. The zero-order chi connectivity index (χ0) is 11.0. The maximum absolute atomic E-state index is 3.58. The average Bonchev–Trinajstić information content (AvgIpc) is 3.06. The Hall–Kier alpha value is -1.60. The maximum Gasteiger partial charge on any atom is 0.0609 e. The quantitative estimate of drug-likeness (QED) is 0.753. The summed E-state index contributed by atoms with van der Waals surface area (Å²) in [5.41, 5.74) is 2.85. The van der Waals surface area contributed by atoms with E-state index in [1.165, 1.54) is 11.1 Å². The van der Waals surface area contributed by atoms with E-state index in [0.29, 0.717) is 6.04 Å². The highest BCUT2D eigenvalue weighted by atomic mass is 15.2. The minimum absolute atomic E-state index is 0.114. The van der Waals surface area contributed by atoms with Crippen molar-refractivity contribution in [1.82, 2.24) is 5.32 Å². The van der Waals surface area contributed by atoms with E-state index in [9.17, 15) is 0 Å². The molecule has 1 aliphatic heterocycles. The molecule has 0 saturated carbocycles. The van der Waals surface area contributed by atoms with Gasteiger partial charge in [0.2, 0.25) is 0 Å². The van der Waals surface area contributed by atoms with Crippen LogP contribution in [0.5, 0.6) is 0 Å². The van der Waals surface area contributed by atoms with E-state index < -0.39 is 0 Å². The molecular formula is C15H15N. The molecule has 3 rings (SSSR count). The molecule has 1 N–H and O–H groups in total. The molecule has 1 fully saturated rings. The van der Waals surface area contributed by atoms with Gasteiger partial charge in [-0.15, -0.1) is 0 Å². The molecule has 2 aromatic carbocycles. The van der Waals surface area contributed by atoms with Crippen molar-refractivity contribution in [2.75, 3.05) is 0 Å². The van der Waals surface area contributed by atoms with Crippen LogP contribution in [0.25, 0.3) is 0 Å². The van der Waals surface area contributed by atoms with Gasteiger partial charge in [0.1, 0.15) is 0 Å². The smallest absolute Gasteiger partial charge is 0.0609 e. The van der Waals surface area contributed by atoms with Crippen molar-refractivity contribution < 1.29 is 0 Å². The molecule has 16 heavy (non-hydrogen) atoms. The van der Waals surface area contributed by atoms with Crippen molar-refractivity contribution in [3.8, 4) is 0 Å². The van der Waals surface area contributed by atoms with E-state index in [1.54, 1.807) is 0 Å². The van der Waals surface area contributed by atoms with E-state index >= 15 is 0 Å². The van der Waals surface area contributed by atoms with E-state index in [-0.39, 0.29) is 5.54 Å². The zero-order valence-corrected chi connectivity index (χ0v) is 9.35. The third kappa shape index (κ3) is 1.44. The SMILES string of the molecule is C[C@@]1(c2ccccc2)N[C@@H]1c1ccccc1. The van der Waals surface area contributed by atoms with E-state index in [0.717, 1.165) is 0 Å². The van der Waals surface area contributed by atoms with E-state index in [1.807, 2.05) is 0 Å². The fourth-order valence-corrected chi connectivity index (χ4v) is 2.35. The van der Waals surface area contributed by atoms with Crippen molar-refractivity contribution in [1.29, 1.82) is 0 Å². The summed E-state index contributed by atoms with van der Waals surface area (Å²) in [4.78, 5) is 0. The highest BCUT2D eigenvalue weighted by Gasteiger charge is 2.51. The van der Waals surface area contributed by atoms with Crippen LogP contribution in [0.15, 0.2) is 60.7 Å². The fourth-order valence-electron chi connectivity index (χ4n) is 2.35. The number of hydrogen-bond donors (Lipinski definition) is 1. The van der Waals surface area contributed by atoms with Crippen molar-refractivity contribution >= 4 is 0 Å². The largest absolute Gasteiger partial charge is 0.297 e. The summed E-state index contributed by atoms with van der Waals surface area (Å²) < 4.78 is 0. The van der Waals surface area contributed by atoms with Gasteiger partial charge in [0.05, 0.1) is 11.6 Å². The second-order valence-corrected chi connectivity index (χ2v) is 4.56. The molecule has 0 bridgehead atoms. The Kier molecular flexibility index (Phi) is 2.08. The first kappa shape index (κ1) is 9.61. The standard InChI is InChI=1S/C15H15N/c1-15(13-10-6-3-7-11-13)14(16-15)12-8-4-2-5-9-12/h2-11,14,16H,1H3/t14-,15+/m1/s1. The highest BCUT2D eigenvalue weighted by Crippen LogP contribution is 2.48. The second kappa shape index (κ2) is 3.46. The van der Waals surface area contributed by atoms with Crippen LogP contribution in [-0.4, -0.2) is 0 Å².